The van der Waals surface area contributed by atoms with Gasteiger partial charge in [0.1, 0.15) is 28.3 Å². The molecule has 21 heteroatoms. The highest BCUT2D eigenvalue weighted by molar-refractivity contribution is 7.92. The maximum absolute atomic E-state index is 15.1. The molecule has 3 aromatic carbocycles. The highest BCUT2D eigenvalue weighted by atomic mass is 32.2. The van der Waals surface area contributed by atoms with E-state index in [4.69, 9.17) is 9.47 Å². The van der Waals surface area contributed by atoms with Crippen molar-refractivity contribution in [3.63, 3.8) is 0 Å². The van der Waals surface area contributed by atoms with Crippen LogP contribution in [0.15, 0.2) is 121 Å². The molecule has 0 bridgehead atoms. The molecule has 378 valence electrons. The lowest BCUT2D eigenvalue weighted by atomic mass is 9.99. The molecule has 5 amide bonds. The molecular weight excluding hydrogens is 953 g/mol. The molecule has 0 aliphatic carbocycles. The van der Waals surface area contributed by atoms with Crippen molar-refractivity contribution in [1.82, 2.24) is 35.7 Å². The number of carbonyl (C=O) groups is 5. The van der Waals surface area contributed by atoms with Gasteiger partial charge in [-0.05, 0) is 104 Å². The Balaban J connectivity index is 0.000000387. The molecule has 3 N–H and O–H groups in total. The zero-order chi connectivity index (χ0) is 52.4. The number of amides is 5. The topological polar surface area (TPSA) is 232 Å². The molecular formula is C51H55F2N9O9S. The summed E-state index contributed by atoms with van der Waals surface area (Å²) < 4.78 is 69.3. The first-order valence-corrected chi connectivity index (χ1v) is 24.0. The van der Waals surface area contributed by atoms with Gasteiger partial charge >= 0.3 is 0 Å². The van der Waals surface area contributed by atoms with E-state index in [0.717, 1.165) is 37.9 Å². The van der Waals surface area contributed by atoms with Crippen molar-refractivity contribution < 1.29 is 50.6 Å². The molecule has 0 saturated carbocycles. The summed E-state index contributed by atoms with van der Waals surface area (Å²) in [5.74, 6) is -2.81. The molecule has 72 heavy (non-hydrogen) atoms. The second-order valence-electron chi connectivity index (χ2n) is 16.4. The third-order valence-electron chi connectivity index (χ3n) is 11.0. The Hall–Kier alpha value is -8.04. The molecule has 0 aliphatic rings. The van der Waals surface area contributed by atoms with Gasteiger partial charge < -0.3 is 25.4 Å². The van der Waals surface area contributed by atoms with Gasteiger partial charge in [-0.15, -0.1) is 0 Å². The Labute approximate surface area is 415 Å². The first kappa shape index (κ1) is 54.9. The molecule has 3 heterocycles. The van der Waals surface area contributed by atoms with E-state index in [1.807, 2.05) is 51.1 Å². The monoisotopic (exact) mass is 1010 g/mol. The molecule has 0 spiro atoms. The minimum atomic E-state index is -4.72. The maximum atomic E-state index is 15.1. The molecule has 0 saturated heterocycles. The Kier molecular flexibility index (Phi) is 20.0. The highest BCUT2D eigenvalue weighted by Gasteiger charge is 2.32. The molecule has 1 unspecified atom stereocenters. The third-order valence-corrected chi connectivity index (χ3v) is 12.8. The number of fused-ring (bicyclic) bond motifs is 1. The molecule has 0 radical (unpaired) electrons. The van der Waals surface area contributed by atoms with E-state index in [0.29, 0.717) is 52.7 Å². The van der Waals surface area contributed by atoms with Crippen LogP contribution in [0.3, 0.4) is 0 Å². The summed E-state index contributed by atoms with van der Waals surface area (Å²) in [5.41, 5.74) is 4.36. The van der Waals surface area contributed by atoms with Crippen molar-refractivity contribution >= 4 is 62.8 Å². The molecule has 6 rings (SSSR count). The minimum absolute atomic E-state index is 0.0188. The number of rotatable bonds is 22. The van der Waals surface area contributed by atoms with Gasteiger partial charge in [-0.3, -0.25) is 38.2 Å². The van der Waals surface area contributed by atoms with Crippen molar-refractivity contribution in [3.05, 3.63) is 133 Å². The van der Waals surface area contributed by atoms with Crippen LogP contribution in [0.4, 0.5) is 20.2 Å². The SMILES string of the molecule is C/C=C\C(=O)N(C=O)CCOCCC(=O)NC(C)C(C)C.COc1ncc(-c2ccc3nccc(-c4ccnnc4)c3c2)cc1N(Cc1ccc(NC(=O)[C@H](C)NC=O)cc1)S(=O)(=O)c1ccc(F)cc1F. The van der Waals surface area contributed by atoms with Crippen molar-refractivity contribution in [2.45, 2.75) is 64.6 Å². The fourth-order valence-corrected chi connectivity index (χ4v) is 8.22. The van der Waals surface area contributed by atoms with Gasteiger partial charge in [-0.1, -0.05) is 38.1 Å². The second-order valence-corrected chi connectivity index (χ2v) is 18.2. The zero-order valence-electron chi connectivity index (χ0n) is 40.4. The number of halogens is 2. The van der Waals surface area contributed by atoms with Crippen LogP contribution in [-0.2, 0) is 45.3 Å². The lowest BCUT2D eigenvalue weighted by Gasteiger charge is -2.26. The summed E-state index contributed by atoms with van der Waals surface area (Å²) in [5, 5.41) is 16.5. The highest BCUT2D eigenvalue weighted by Crippen LogP contribution is 2.38. The van der Waals surface area contributed by atoms with Crippen molar-refractivity contribution in [2.24, 2.45) is 5.92 Å². The number of sulfonamides is 1. The number of nitrogens with one attached hydrogen (secondary N) is 3. The van der Waals surface area contributed by atoms with Gasteiger partial charge in [-0.2, -0.15) is 10.2 Å². The molecule has 0 fully saturated rings. The van der Waals surface area contributed by atoms with Crippen LogP contribution in [-0.4, -0.2) is 103 Å². The van der Waals surface area contributed by atoms with E-state index in [-0.39, 0.29) is 62.1 Å². The standard InChI is InChI=1S/C36H29F2N7O5S.C15H26N2O4/c1-22(41-21-46)35(47)44-28-7-3-23(4-8-28)20-45(51(48,49)34-10-6-27(37)17-31(34)38)33-16-26(18-40-36(33)50-2)24-5-9-32-30(15-24)29(12-13-39-32)25-11-14-42-43-19-25;1-5-6-15(20)17(11-18)8-10-21-9-7-14(19)16-13(4)12(2)3/h3-19,21-22H,20H2,1-2H3,(H,41,46)(H,44,47);5-6,11-13H,7-10H2,1-4H3,(H,16,19)/b;6-5-/t22-;/m0./s1. The maximum Gasteiger partial charge on any atom is 0.267 e. The van der Waals surface area contributed by atoms with Gasteiger partial charge in [0.05, 0.1) is 51.3 Å². The lowest BCUT2D eigenvalue weighted by molar-refractivity contribution is -0.135. The quantitative estimate of drug-likeness (QED) is 0.0369. The molecule has 6 aromatic rings. The van der Waals surface area contributed by atoms with Gasteiger partial charge in [0.2, 0.25) is 30.5 Å². The van der Waals surface area contributed by atoms with Crippen LogP contribution in [0.2, 0.25) is 0 Å². The predicted octanol–water partition coefficient (Wildman–Crippen LogP) is 6.62. The van der Waals surface area contributed by atoms with Gasteiger partial charge in [0, 0.05) is 53.1 Å². The van der Waals surface area contributed by atoms with E-state index in [1.54, 1.807) is 61.9 Å². The number of hydrogen-bond donors (Lipinski definition) is 3. The summed E-state index contributed by atoms with van der Waals surface area (Å²) in [6.07, 6.45) is 10.5. The zero-order valence-corrected chi connectivity index (χ0v) is 41.2. The largest absolute Gasteiger partial charge is 0.479 e. The Morgan fingerprint density at radius 3 is 2.25 bits per heavy atom. The number of carbonyl (C=O) groups excluding carboxylic acids is 5. The average Bonchev–Trinajstić information content (AvgIpc) is 3.37. The molecule has 0 aliphatic heterocycles. The Bertz CT molecular complexity index is 2980. The lowest BCUT2D eigenvalue weighted by Crippen LogP contribution is -2.37. The van der Waals surface area contributed by atoms with Crippen LogP contribution in [0.25, 0.3) is 33.2 Å². The Morgan fingerprint density at radius 1 is 0.833 bits per heavy atom. The fraction of sp³-hybridized carbons (Fsp3) is 0.275. The third kappa shape index (κ3) is 14.7. The van der Waals surface area contributed by atoms with E-state index in [2.05, 4.69) is 36.1 Å². The number of ether oxygens (including phenoxy) is 2. The van der Waals surface area contributed by atoms with Gasteiger partial charge in [0.25, 0.3) is 15.9 Å². The summed E-state index contributed by atoms with van der Waals surface area (Å²) in [4.78, 5) is 66.0. The number of pyridine rings is 2. The van der Waals surface area contributed by atoms with Crippen molar-refractivity contribution in [1.29, 1.82) is 0 Å². The summed E-state index contributed by atoms with van der Waals surface area (Å²) in [6.45, 7) is 9.57. The van der Waals surface area contributed by atoms with Crippen LogP contribution in [0, 0.1) is 17.6 Å². The molecule has 3 aromatic heterocycles. The minimum Gasteiger partial charge on any atom is -0.479 e. The summed E-state index contributed by atoms with van der Waals surface area (Å²) >= 11 is 0. The average molecular weight is 1010 g/mol. The normalized spacial score (nSPS) is 12.0. The number of methoxy groups -OCH3 is 1. The summed E-state index contributed by atoms with van der Waals surface area (Å²) in [7, 11) is -3.39. The first-order chi connectivity index (χ1) is 34.5. The summed E-state index contributed by atoms with van der Waals surface area (Å²) in [6, 6.07) is 18.6. The number of hydrogen-bond acceptors (Lipinski definition) is 13. The predicted molar refractivity (Wildman–Crippen MR) is 266 cm³/mol. The number of allylic oxidation sites excluding steroid dienone is 1. The van der Waals surface area contributed by atoms with E-state index in [9.17, 15) is 36.8 Å². The van der Waals surface area contributed by atoms with Crippen LogP contribution >= 0.6 is 0 Å². The van der Waals surface area contributed by atoms with Crippen molar-refractivity contribution in [3.8, 4) is 28.1 Å². The number of aromatic nitrogens is 4. The second kappa shape index (κ2) is 26.2. The number of nitrogens with zero attached hydrogens (tertiary/aromatic N) is 6. The first-order valence-electron chi connectivity index (χ1n) is 22.5. The van der Waals surface area contributed by atoms with E-state index in [1.165, 1.54) is 26.3 Å². The number of imide groups is 1. The van der Waals surface area contributed by atoms with Crippen LogP contribution < -0.4 is 25.0 Å². The smallest absolute Gasteiger partial charge is 0.267 e. The van der Waals surface area contributed by atoms with Crippen LogP contribution in [0.1, 0.15) is 46.6 Å². The number of benzene rings is 3. The van der Waals surface area contributed by atoms with Gasteiger partial charge in [0.15, 0.2) is 0 Å². The van der Waals surface area contributed by atoms with E-state index >= 15 is 4.39 Å². The van der Waals surface area contributed by atoms with Crippen LogP contribution in [0.5, 0.6) is 5.88 Å². The Morgan fingerprint density at radius 2 is 1.60 bits per heavy atom. The van der Waals surface area contributed by atoms with Crippen molar-refractivity contribution in [2.75, 3.05) is 36.5 Å². The molecule has 2 atom stereocenters. The van der Waals surface area contributed by atoms with Gasteiger partial charge in [-0.25, -0.2) is 22.2 Å². The number of anilines is 2. The molecule has 18 nitrogen and oxygen atoms in total. The van der Waals surface area contributed by atoms with E-state index < -0.39 is 38.5 Å². The fourth-order valence-electron chi connectivity index (χ4n) is 6.73.